The van der Waals surface area contributed by atoms with Gasteiger partial charge >= 0.3 is 0 Å². The number of hydrogen-bond acceptors (Lipinski definition) is 1. The van der Waals surface area contributed by atoms with E-state index >= 15 is 0 Å². The predicted octanol–water partition coefficient (Wildman–Crippen LogP) is 4.73. The fourth-order valence-corrected chi connectivity index (χ4v) is 2.93. The Labute approximate surface area is 124 Å². The third-order valence-electron chi connectivity index (χ3n) is 3.37. The zero-order valence-electron chi connectivity index (χ0n) is 11.4. The second kappa shape index (κ2) is 6.65. The lowest BCUT2D eigenvalue weighted by molar-refractivity contribution is 0.489. The van der Waals surface area contributed by atoms with Crippen LogP contribution in [0.5, 0.6) is 0 Å². The fraction of sp³-hybridized carbons (Fsp3) is 0.467. The Morgan fingerprint density at radius 1 is 1.32 bits per heavy atom. The van der Waals surface area contributed by atoms with E-state index in [2.05, 4.69) is 29.9 Å². The smallest absolute Gasteiger partial charge is 0.0514 e. The van der Waals surface area contributed by atoms with Crippen LogP contribution in [-0.4, -0.2) is 17.2 Å². The first-order valence-corrected chi connectivity index (χ1v) is 7.54. The second-order valence-corrected chi connectivity index (χ2v) is 5.82. The van der Waals surface area contributed by atoms with E-state index in [0.717, 1.165) is 24.0 Å². The van der Waals surface area contributed by atoms with Crippen LogP contribution in [0.4, 0.5) is 0 Å². The number of rotatable bonds is 6. The molecule has 1 aromatic heterocycles. The van der Waals surface area contributed by atoms with Gasteiger partial charge in [0.2, 0.25) is 0 Å². The van der Waals surface area contributed by atoms with Crippen molar-refractivity contribution in [2.45, 2.75) is 39.3 Å². The molecule has 2 nitrogen and oxygen atoms in total. The number of nitrogens with one attached hydrogen (secondary N) is 1. The number of benzene rings is 1. The first-order valence-electron chi connectivity index (χ1n) is 6.79. The molecule has 19 heavy (non-hydrogen) atoms. The van der Waals surface area contributed by atoms with Crippen LogP contribution in [0, 0.1) is 0 Å². The summed E-state index contributed by atoms with van der Waals surface area (Å²) in [5.41, 5.74) is 1.10. The maximum atomic E-state index is 6.19. The van der Waals surface area contributed by atoms with Crippen LogP contribution in [-0.2, 0) is 6.54 Å². The van der Waals surface area contributed by atoms with Gasteiger partial charge in [-0.1, -0.05) is 36.5 Å². The SMILES string of the molecule is CCCC(C)NCCn1ccc2c(Cl)cc(Cl)cc21. The molecule has 4 heteroatoms. The molecular weight excluding hydrogens is 279 g/mol. The standard InChI is InChI=1S/C15H20Cl2N2/c1-3-4-11(2)18-6-8-19-7-5-13-14(17)9-12(16)10-15(13)19/h5,7,9-11,18H,3-4,6,8H2,1-2H3. The highest BCUT2D eigenvalue weighted by Gasteiger charge is 2.06. The summed E-state index contributed by atoms with van der Waals surface area (Å²) in [6, 6.07) is 6.37. The van der Waals surface area contributed by atoms with Crippen molar-refractivity contribution < 1.29 is 0 Å². The zero-order chi connectivity index (χ0) is 13.8. The summed E-state index contributed by atoms with van der Waals surface area (Å²) in [6.45, 7) is 6.32. The zero-order valence-corrected chi connectivity index (χ0v) is 12.9. The van der Waals surface area contributed by atoms with Crippen molar-refractivity contribution in [3.8, 4) is 0 Å². The van der Waals surface area contributed by atoms with E-state index < -0.39 is 0 Å². The van der Waals surface area contributed by atoms with Gasteiger partial charge < -0.3 is 9.88 Å². The van der Waals surface area contributed by atoms with Crippen molar-refractivity contribution in [1.82, 2.24) is 9.88 Å². The van der Waals surface area contributed by atoms with Crippen molar-refractivity contribution in [2.75, 3.05) is 6.54 Å². The van der Waals surface area contributed by atoms with Crippen LogP contribution in [0.2, 0.25) is 10.0 Å². The molecule has 0 radical (unpaired) electrons. The van der Waals surface area contributed by atoms with Crippen molar-refractivity contribution >= 4 is 34.1 Å². The van der Waals surface area contributed by atoms with E-state index in [1.165, 1.54) is 12.8 Å². The third kappa shape index (κ3) is 3.65. The van der Waals surface area contributed by atoms with Gasteiger partial charge in [-0.2, -0.15) is 0 Å². The molecule has 0 saturated carbocycles. The van der Waals surface area contributed by atoms with Gasteiger partial charge in [-0.3, -0.25) is 0 Å². The molecule has 0 fully saturated rings. The number of hydrogen-bond donors (Lipinski definition) is 1. The highest BCUT2D eigenvalue weighted by Crippen LogP contribution is 2.28. The summed E-state index contributed by atoms with van der Waals surface area (Å²) in [5, 5.41) is 5.99. The Kier molecular flexibility index (Phi) is 5.14. The van der Waals surface area contributed by atoms with Crippen molar-refractivity contribution in [1.29, 1.82) is 0 Å². The van der Waals surface area contributed by atoms with Crippen molar-refractivity contribution in [2.24, 2.45) is 0 Å². The summed E-state index contributed by atoms with van der Waals surface area (Å²) >= 11 is 12.3. The Bertz CT molecular complexity index is 548. The van der Waals surface area contributed by atoms with E-state index in [-0.39, 0.29) is 0 Å². The molecule has 0 spiro atoms. The van der Waals surface area contributed by atoms with Crippen LogP contribution >= 0.6 is 23.2 Å². The maximum absolute atomic E-state index is 6.19. The number of fused-ring (bicyclic) bond motifs is 1. The first-order chi connectivity index (χ1) is 9.11. The Balaban J connectivity index is 2.05. The molecule has 1 atom stereocenters. The van der Waals surface area contributed by atoms with Crippen LogP contribution in [0.1, 0.15) is 26.7 Å². The summed E-state index contributed by atoms with van der Waals surface area (Å²) < 4.78 is 2.19. The molecule has 0 aliphatic heterocycles. The molecule has 1 N–H and O–H groups in total. The van der Waals surface area contributed by atoms with Gasteiger partial charge in [-0.05, 0) is 31.5 Å². The van der Waals surface area contributed by atoms with Crippen LogP contribution in [0.3, 0.4) is 0 Å². The minimum atomic E-state index is 0.569. The van der Waals surface area contributed by atoms with Crippen LogP contribution in [0.25, 0.3) is 10.9 Å². The first kappa shape index (κ1) is 14.7. The van der Waals surface area contributed by atoms with Crippen molar-refractivity contribution in [3.63, 3.8) is 0 Å². The molecule has 0 bridgehead atoms. The summed E-state index contributed by atoms with van der Waals surface area (Å²) in [4.78, 5) is 0. The molecule has 1 unspecified atom stereocenters. The van der Waals surface area contributed by atoms with Gasteiger partial charge in [0.15, 0.2) is 0 Å². The highest BCUT2D eigenvalue weighted by molar-refractivity contribution is 6.38. The lowest BCUT2D eigenvalue weighted by atomic mass is 10.2. The predicted molar refractivity (Wildman–Crippen MR) is 84.3 cm³/mol. The summed E-state index contributed by atoms with van der Waals surface area (Å²) in [6.07, 6.45) is 4.49. The van der Waals surface area contributed by atoms with Gasteiger partial charge in [0.1, 0.15) is 0 Å². The summed E-state index contributed by atoms with van der Waals surface area (Å²) in [5.74, 6) is 0. The molecular formula is C15H20Cl2N2. The monoisotopic (exact) mass is 298 g/mol. The molecule has 0 amide bonds. The maximum Gasteiger partial charge on any atom is 0.0514 e. The molecule has 0 aliphatic carbocycles. The number of nitrogens with zero attached hydrogens (tertiary/aromatic N) is 1. The second-order valence-electron chi connectivity index (χ2n) is 4.97. The topological polar surface area (TPSA) is 17.0 Å². The van der Waals surface area contributed by atoms with E-state index in [1.807, 2.05) is 12.1 Å². The molecule has 104 valence electrons. The van der Waals surface area contributed by atoms with Gasteiger partial charge in [0, 0.05) is 35.7 Å². The average Bonchev–Trinajstić information content (AvgIpc) is 2.73. The van der Waals surface area contributed by atoms with Gasteiger partial charge in [-0.25, -0.2) is 0 Å². The third-order valence-corrected chi connectivity index (χ3v) is 3.90. The minimum Gasteiger partial charge on any atom is -0.346 e. The van der Waals surface area contributed by atoms with E-state index in [4.69, 9.17) is 23.2 Å². The number of aromatic nitrogens is 1. The minimum absolute atomic E-state index is 0.569. The summed E-state index contributed by atoms with van der Waals surface area (Å²) in [7, 11) is 0. The average molecular weight is 299 g/mol. The molecule has 1 heterocycles. The highest BCUT2D eigenvalue weighted by atomic mass is 35.5. The van der Waals surface area contributed by atoms with E-state index in [1.54, 1.807) is 6.07 Å². The normalized spacial score (nSPS) is 13.1. The Morgan fingerprint density at radius 2 is 2.11 bits per heavy atom. The van der Waals surface area contributed by atoms with Gasteiger partial charge in [0.25, 0.3) is 0 Å². The van der Waals surface area contributed by atoms with Crippen LogP contribution in [0.15, 0.2) is 24.4 Å². The molecule has 1 aromatic carbocycles. The molecule has 0 aliphatic rings. The van der Waals surface area contributed by atoms with E-state index in [9.17, 15) is 0 Å². The quantitative estimate of drug-likeness (QED) is 0.816. The molecule has 2 aromatic rings. The van der Waals surface area contributed by atoms with Gasteiger partial charge in [0.05, 0.1) is 10.5 Å². The lowest BCUT2D eigenvalue weighted by Gasteiger charge is -2.13. The molecule has 0 saturated heterocycles. The van der Waals surface area contributed by atoms with Gasteiger partial charge in [-0.15, -0.1) is 0 Å². The molecule has 2 rings (SSSR count). The fourth-order valence-electron chi connectivity index (χ4n) is 2.38. The Hall–Kier alpha value is -0.700. The Morgan fingerprint density at radius 3 is 2.84 bits per heavy atom. The van der Waals surface area contributed by atoms with E-state index in [0.29, 0.717) is 16.1 Å². The lowest BCUT2D eigenvalue weighted by Crippen LogP contribution is -2.29. The largest absolute Gasteiger partial charge is 0.346 e. The number of halogens is 2. The van der Waals surface area contributed by atoms with Crippen LogP contribution < -0.4 is 5.32 Å². The van der Waals surface area contributed by atoms with Crippen molar-refractivity contribution in [3.05, 3.63) is 34.4 Å².